The number of hydrogen-bond acceptors (Lipinski definition) is 14. The summed E-state index contributed by atoms with van der Waals surface area (Å²) in [6.45, 7) is 9.98. The van der Waals surface area contributed by atoms with Crippen molar-refractivity contribution in [3.05, 3.63) is 40.4 Å². The normalized spacial score (nSPS) is 24.1. The van der Waals surface area contributed by atoms with Gasteiger partial charge in [0.25, 0.3) is 17.4 Å². The molecule has 4 atom stereocenters. The highest BCUT2D eigenvalue weighted by Crippen LogP contribution is 2.36. The molecule has 0 aliphatic carbocycles. The number of β-lactam (4-membered cyclic amide) rings is 1. The number of anilines is 1. The number of nitrogen functional groups attached to an aromatic ring is 1. The summed E-state index contributed by atoms with van der Waals surface area (Å²) in [6.07, 6.45) is 0.392. The van der Waals surface area contributed by atoms with Gasteiger partial charge in [0.05, 0.1) is 5.54 Å². The van der Waals surface area contributed by atoms with Gasteiger partial charge in [-0.2, -0.15) is 13.5 Å². The Morgan fingerprint density at radius 3 is 2.58 bits per heavy atom. The molecule has 2 aromatic rings. The van der Waals surface area contributed by atoms with Crippen LogP contribution in [0.15, 0.2) is 28.7 Å². The van der Waals surface area contributed by atoms with E-state index in [1.165, 1.54) is 26.2 Å². The van der Waals surface area contributed by atoms with Crippen LogP contribution in [0.2, 0.25) is 0 Å². The number of fused-ring (bicyclic) bond motifs is 1. The third-order valence-electron chi connectivity index (χ3n) is 9.21. The van der Waals surface area contributed by atoms with Crippen molar-refractivity contribution in [2.24, 2.45) is 10.6 Å². The van der Waals surface area contributed by atoms with Crippen LogP contribution >= 0.6 is 11.3 Å². The summed E-state index contributed by atoms with van der Waals surface area (Å²) in [5, 5.41) is 33.9. The maximum Gasteiger partial charge on any atom is 0.418 e. The second-order valence-corrected chi connectivity index (χ2v) is 15.6. The predicted molar refractivity (Wildman–Crippen MR) is 180 cm³/mol. The number of nitrogens with zero attached hydrogens (tertiary/aromatic N) is 3. The van der Waals surface area contributed by atoms with E-state index in [0.717, 1.165) is 36.4 Å². The number of amides is 2. The number of hydroxylamine groups is 2. The van der Waals surface area contributed by atoms with Crippen molar-refractivity contribution in [2.75, 3.05) is 18.8 Å². The number of aromatic nitrogens is 1. The molecular formula is C30H40N8O10S2. The van der Waals surface area contributed by atoms with E-state index in [4.69, 9.17) is 25.3 Å². The Morgan fingerprint density at radius 2 is 1.98 bits per heavy atom. The molecule has 5 rings (SSSR count). The Morgan fingerprint density at radius 1 is 1.26 bits per heavy atom. The number of nitrogens with two attached hydrogens (primary N) is 1. The van der Waals surface area contributed by atoms with Crippen LogP contribution < -0.4 is 26.4 Å². The molecule has 272 valence electrons. The molecule has 4 heterocycles. The molecule has 2 amide bonds. The van der Waals surface area contributed by atoms with Crippen LogP contribution in [0.3, 0.4) is 0 Å². The summed E-state index contributed by atoms with van der Waals surface area (Å²) >= 11 is 0.966. The van der Waals surface area contributed by atoms with Crippen molar-refractivity contribution >= 4 is 56.2 Å². The van der Waals surface area contributed by atoms with Crippen LogP contribution in [0.1, 0.15) is 64.3 Å². The average molecular weight is 737 g/mol. The summed E-state index contributed by atoms with van der Waals surface area (Å²) in [5.74, 6) is -2.76. The first-order chi connectivity index (χ1) is 23.2. The number of nitrogens with one attached hydrogen (secondary N) is 4. The van der Waals surface area contributed by atoms with E-state index >= 15 is 0 Å². The molecule has 20 heteroatoms. The summed E-state index contributed by atoms with van der Waals surface area (Å²) in [7, 11) is -5.03. The highest BCUT2D eigenvalue weighted by molar-refractivity contribution is 7.80. The number of piperidine rings is 1. The van der Waals surface area contributed by atoms with Crippen LogP contribution in [0.4, 0.5) is 5.13 Å². The molecule has 2 saturated heterocycles. The molecule has 0 spiro atoms. The van der Waals surface area contributed by atoms with Crippen LogP contribution in [0.5, 0.6) is 5.75 Å². The Balaban J connectivity index is 1.33. The van der Waals surface area contributed by atoms with E-state index in [1.54, 1.807) is 12.1 Å². The van der Waals surface area contributed by atoms with Gasteiger partial charge < -0.3 is 36.4 Å². The summed E-state index contributed by atoms with van der Waals surface area (Å²) in [4.78, 5) is 48.4. The van der Waals surface area contributed by atoms with Gasteiger partial charge in [0, 0.05) is 23.5 Å². The molecule has 1 aromatic heterocycles. The standard InChI is InChI=1S/C30H40N8O10S2/c1-28(2)14-33-11-10-19(28)35-23(31)16-6-8-18-15(12-16)7-9-20(46-18)30(5,26(41)42)47-37-21(17-13-49-27(32)34-17)24(39)36-22-25(40)38(29(22,3)4)48-50(43,44)45/h6,8,12-13,19-20,22,33H,7,9-11,14H2,1-5H3,(H2,31,35)(H2,32,34)(H,36,39)(H,41,42)(H,43,44,45)/b37-21-/t19-,20-,22-,30?/m1/s1. The van der Waals surface area contributed by atoms with Crippen molar-refractivity contribution in [2.45, 2.75) is 83.2 Å². The topological polar surface area (TPSA) is 268 Å². The van der Waals surface area contributed by atoms with Gasteiger partial charge in [-0.25, -0.2) is 9.78 Å². The smallest absolute Gasteiger partial charge is 0.418 e. The van der Waals surface area contributed by atoms with E-state index in [-0.39, 0.29) is 34.5 Å². The van der Waals surface area contributed by atoms with Crippen molar-refractivity contribution in [1.82, 2.24) is 26.0 Å². The Kier molecular flexibility index (Phi) is 9.89. The maximum atomic E-state index is 13.5. The molecule has 18 nitrogen and oxygen atoms in total. The molecule has 0 bridgehead atoms. The molecular weight excluding hydrogens is 697 g/mol. The number of amidine groups is 1. The molecule has 1 aromatic carbocycles. The van der Waals surface area contributed by atoms with Crippen molar-refractivity contribution < 1.29 is 46.3 Å². The predicted octanol–water partition coefficient (Wildman–Crippen LogP) is 0.826. The number of carboxylic acid groups (broad SMARTS) is 1. The second-order valence-electron chi connectivity index (χ2n) is 13.7. The molecule has 0 saturated carbocycles. The van der Waals surface area contributed by atoms with E-state index < -0.39 is 57.2 Å². The zero-order valence-corrected chi connectivity index (χ0v) is 29.6. The highest BCUT2D eigenvalue weighted by atomic mass is 32.3. The number of aliphatic carboxylic acids is 1. The molecule has 3 aliphatic rings. The van der Waals surface area contributed by atoms with Gasteiger partial charge in [-0.15, -0.1) is 15.6 Å². The summed E-state index contributed by atoms with van der Waals surface area (Å²) < 4.78 is 41.8. The largest absolute Gasteiger partial charge is 0.485 e. The number of ether oxygens (including phenoxy) is 1. The number of benzene rings is 1. The lowest BCUT2D eigenvalue weighted by Gasteiger charge is -2.50. The first kappa shape index (κ1) is 36.9. The molecule has 50 heavy (non-hydrogen) atoms. The van der Waals surface area contributed by atoms with Gasteiger partial charge in [-0.1, -0.05) is 19.0 Å². The van der Waals surface area contributed by atoms with E-state index in [9.17, 15) is 27.9 Å². The fraction of sp³-hybridized carbons (Fsp3) is 0.533. The van der Waals surface area contributed by atoms with Crippen LogP contribution in [-0.4, -0.2) is 99.9 Å². The minimum absolute atomic E-state index is 0.0431. The monoisotopic (exact) mass is 736 g/mol. The van der Waals surface area contributed by atoms with Crippen LogP contribution in [-0.2, 0) is 40.3 Å². The first-order valence-electron chi connectivity index (χ1n) is 15.6. The first-order valence-corrected chi connectivity index (χ1v) is 17.9. The van der Waals surface area contributed by atoms with E-state index in [1.807, 2.05) is 6.07 Å². The molecule has 0 radical (unpaired) electrons. The van der Waals surface area contributed by atoms with Gasteiger partial charge in [0.2, 0.25) is 0 Å². The zero-order valence-electron chi connectivity index (χ0n) is 28.0. The number of rotatable bonds is 11. The minimum atomic E-state index is -5.03. The summed E-state index contributed by atoms with van der Waals surface area (Å²) in [6, 6.07) is 4.02. The van der Waals surface area contributed by atoms with Gasteiger partial charge in [-0.05, 0) is 75.8 Å². The summed E-state index contributed by atoms with van der Waals surface area (Å²) in [5.41, 5.74) is 3.01. The lowest BCUT2D eigenvalue weighted by Crippen LogP contribution is -2.76. The molecule has 8 N–H and O–H groups in total. The van der Waals surface area contributed by atoms with E-state index in [0.29, 0.717) is 22.8 Å². The highest BCUT2D eigenvalue weighted by Gasteiger charge is 2.58. The molecule has 2 fully saturated rings. The third-order valence-corrected chi connectivity index (χ3v) is 10.2. The van der Waals surface area contributed by atoms with Gasteiger partial charge in [0.1, 0.15) is 23.3 Å². The number of aryl methyl sites for hydroxylation is 1. The van der Waals surface area contributed by atoms with Crippen molar-refractivity contribution in [3.8, 4) is 5.75 Å². The van der Waals surface area contributed by atoms with Crippen LogP contribution in [0, 0.1) is 10.8 Å². The molecule has 1 unspecified atom stereocenters. The van der Waals surface area contributed by atoms with Crippen LogP contribution in [0.25, 0.3) is 0 Å². The Labute approximate surface area is 292 Å². The second kappa shape index (κ2) is 13.4. The number of carbonyl (C=O) groups excluding carboxylic acids is 2. The van der Waals surface area contributed by atoms with Crippen molar-refractivity contribution in [1.29, 1.82) is 5.41 Å². The quantitative estimate of drug-likeness (QED) is 0.0554. The van der Waals surface area contributed by atoms with E-state index in [2.05, 4.69) is 44.2 Å². The average Bonchev–Trinajstić information content (AvgIpc) is 3.47. The lowest BCUT2D eigenvalue weighted by atomic mass is 9.80. The number of hydrogen-bond donors (Lipinski definition) is 7. The maximum absolute atomic E-state index is 13.5. The lowest BCUT2D eigenvalue weighted by molar-refractivity contribution is -0.218. The number of carboxylic acids is 1. The fourth-order valence-electron chi connectivity index (χ4n) is 6.02. The number of oxime groups is 1. The third kappa shape index (κ3) is 7.38. The van der Waals surface area contributed by atoms with Crippen molar-refractivity contribution in [3.63, 3.8) is 0 Å². The van der Waals surface area contributed by atoms with Gasteiger partial charge >= 0.3 is 16.4 Å². The number of thiazole rings is 1. The van der Waals surface area contributed by atoms with Gasteiger partial charge in [0.15, 0.2) is 16.9 Å². The minimum Gasteiger partial charge on any atom is -0.485 e. The molecule has 3 aliphatic heterocycles. The van der Waals surface area contributed by atoms with Gasteiger partial charge in [-0.3, -0.25) is 19.6 Å². The SMILES string of the molecule is CC1(C)CNCC[C@H]1NC(=N)c1ccc2c(c1)CC[C@H](C(C)(O/N=C(\C(=O)N[C@@H]1C(=O)N(OS(=O)(=O)O)C1(C)C)c1csc(N)n1)C(=O)O)O2. The Hall–Kier alpha value is -4.37. The number of carbonyl (C=O) groups is 3. The Bertz CT molecular complexity index is 1850. The fourth-order valence-corrected chi connectivity index (χ4v) is 7.03. The zero-order chi connectivity index (χ0) is 36.8.